The van der Waals surface area contributed by atoms with Gasteiger partial charge in [-0.3, -0.25) is 13.9 Å². The van der Waals surface area contributed by atoms with Gasteiger partial charge in [0.05, 0.1) is 31.9 Å². The van der Waals surface area contributed by atoms with Crippen LogP contribution in [0.1, 0.15) is 31.9 Å². The predicted molar refractivity (Wildman–Crippen MR) is 199 cm³/mol. The van der Waals surface area contributed by atoms with E-state index in [4.69, 9.17) is 25.8 Å². The molecule has 4 aromatic carbocycles. The van der Waals surface area contributed by atoms with Crippen LogP contribution >= 0.6 is 27.5 Å². The van der Waals surface area contributed by atoms with Crippen LogP contribution in [0.3, 0.4) is 0 Å². The smallest absolute Gasteiger partial charge is 0.265 e. The van der Waals surface area contributed by atoms with Crippen LogP contribution in [0.25, 0.3) is 0 Å². The van der Waals surface area contributed by atoms with Crippen molar-refractivity contribution in [1.82, 2.24) is 10.2 Å². The van der Waals surface area contributed by atoms with Gasteiger partial charge in [0.1, 0.15) is 18.3 Å². The first-order valence-electron chi connectivity index (χ1n) is 15.6. The molecular formula is C37H41BrClN3O7S. The van der Waals surface area contributed by atoms with Crippen LogP contribution in [0, 0.1) is 0 Å². The minimum Gasteiger partial charge on any atom is -0.495 e. The molecular weight excluding hydrogens is 746 g/mol. The molecule has 4 aromatic rings. The van der Waals surface area contributed by atoms with E-state index in [9.17, 15) is 18.0 Å². The monoisotopic (exact) mass is 785 g/mol. The van der Waals surface area contributed by atoms with Crippen molar-refractivity contribution < 1.29 is 32.2 Å². The summed E-state index contributed by atoms with van der Waals surface area (Å²) >= 11 is 9.90. The van der Waals surface area contributed by atoms with Crippen LogP contribution in [-0.2, 0) is 32.6 Å². The Morgan fingerprint density at radius 2 is 1.46 bits per heavy atom. The van der Waals surface area contributed by atoms with Gasteiger partial charge in [-0.25, -0.2) is 8.42 Å². The van der Waals surface area contributed by atoms with Gasteiger partial charge in [0.2, 0.25) is 11.8 Å². The Labute approximate surface area is 307 Å². The summed E-state index contributed by atoms with van der Waals surface area (Å²) in [4.78, 5) is 30.2. The second-order valence-electron chi connectivity index (χ2n) is 12.4. The highest BCUT2D eigenvalue weighted by Gasteiger charge is 2.37. The summed E-state index contributed by atoms with van der Waals surface area (Å²) in [6, 6.07) is 24.3. The lowest BCUT2D eigenvalue weighted by atomic mass is 10.0. The van der Waals surface area contributed by atoms with Gasteiger partial charge >= 0.3 is 0 Å². The number of benzene rings is 4. The quantitative estimate of drug-likeness (QED) is 0.148. The van der Waals surface area contributed by atoms with Gasteiger partial charge in [0, 0.05) is 34.1 Å². The van der Waals surface area contributed by atoms with E-state index >= 15 is 0 Å². The number of hydrogen-bond donors (Lipinski definition) is 1. The molecule has 4 rings (SSSR count). The van der Waals surface area contributed by atoms with Gasteiger partial charge in [0.15, 0.2) is 11.5 Å². The lowest BCUT2D eigenvalue weighted by Gasteiger charge is -2.35. The second kappa shape index (κ2) is 16.6. The number of carbonyl (C=O) groups excluding carboxylic acids is 2. The van der Waals surface area contributed by atoms with E-state index in [0.717, 1.165) is 19.9 Å². The fourth-order valence-electron chi connectivity index (χ4n) is 5.31. The molecule has 0 saturated heterocycles. The number of halogens is 2. The number of amides is 2. The van der Waals surface area contributed by atoms with Gasteiger partial charge < -0.3 is 24.4 Å². The summed E-state index contributed by atoms with van der Waals surface area (Å²) in [6.45, 7) is 4.87. The summed E-state index contributed by atoms with van der Waals surface area (Å²) in [5, 5.41) is 3.25. The summed E-state index contributed by atoms with van der Waals surface area (Å²) in [5.41, 5.74) is 0.959. The molecule has 0 spiro atoms. The highest BCUT2D eigenvalue weighted by Crippen LogP contribution is 2.37. The molecule has 0 aliphatic carbocycles. The third-order valence-corrected chi connectivity index (χ3v) is 10.1. The number of ether oxygens (including phenoxy) is 3. The normalized spacial score (nSPS) is 12.1. The van der Waals surface area contributed by atoms with Crippen LogP contribution in [0.2, 0.25) is 5.02 Å². The molecule has 50 heavy (non-hydrogen) atoms. The van der Waals surface area contributed by atoms with Gasteiger partial charge in [-0.2, -0.15) is 0 Å². The van der Waals surface area contributed by atoms with Crippen LogP contribution in [0.4, 0.5) is 5.69 Å². The highest BCUT2D eigenvalue weighted by molar-refractivity contribution is 9.10. The van der Waals surface area contributed by atoms with Crippen LogP contribution in [0.5, 0.6) is 17.2 Å². The number of hydrogen-bond acceptors (Lipinski definition) is 7. The van der Waals surface area contributed by atoms with E-state index in [1.165, 1.54) is 56.6 Å². The summed E-state index contributed by atoms with van der Waals surface area (Å²) in [6.07, 6.45) is 0.172. The maximum Gasteiger partial charge on any atom is 0.265 e. The standard InChI is InChI=1S/C37H41BrClN3O7S/c1-37(2,3)40-36(44)31(20-25-11-8-7-9-12-25)41(23-26-13-10-14-27(38)19-26)35(43)24-42(30-21-28(39)15-17-32(30)47-4)50(45,46)29-16-18-33(48-5)34(22-29)49-6/h7-19,21-22,31H,20,23-24H2,1-6H3,(H,40,44)/t31-/m1/s1. The first kappa shape index (κ1) is 38.5. The molecule has 0 aliphatic rings. The van der Waals surface area contributed by atoms with Crippen LogP contribution < -0.4 is 23.8 Å². The Morgan fingerprint density at radius 1 is 0.820 bits per heavy atom. The lowest BCUT2D eigenvalue weighted by molar-refractivity contribution is -0.140. The number of rotatable bonds is 14. The number of sulfonamides is 1. The summed E-state index contributed by atoms with van der Waals surface area (Å²) in [7, 11) is -0.275. The Balaban J connectivity index is 1.90. The third kappa shape index (κ3) is 9.70. The lowest BCUT2D eigenvalue weighted by Crippen LogP contribution is -2.56. The molecule has 0 heterocycles. The second-order valence-corrected chi connectivity index (χ2v) is 15.7. The van der Waals surface area contributed by atoms with Crippen LogP contribution in [0.15, 0.2) is 100 Å². The first-order chi connectivity index (χ1) is 23.7. The molecule has 0 radical (unpaired) electrons. The maximum absolute atomic E-state index is 14.8. The molecule has 1 atom stereocenters. The molecule has 0 saturated carbocycles. The van der Waals surface area contributed by atoms with E-state index in [1.807, 2.05) is 75.4 Å². The number of methoxy groups -OCH3 is 3. The molecule has 0 fully saturated rings. The van der Waals surface area contributed by atoms with Crippen molar-refractivity contribution in [3.05, 3.63) is 112 Å². The van der Waals surface area contributed by atoms with Gasteiger partial charge in [-0.1, -0.05) is 70.0 Å². The molecule has 0 aliphatic heterocycles. The van der Waals surface area contributed by atoms with E-state index in [1.54, 1.807) is 6.07 Å². The minimum atomic E-state index is -4.50. The molecule has 0 unspecified atom stereocenters. The van der Waals surface area contributed by atoms with Crippen molar-refractivity contribution in [3.8, 4) is 17.2 Å². The van der Waals surface area contributed by atoms with E-state index in [2.05, 4.69) is 21.2 Å². The Bertz CT molecular complexity index is 1920. The zero-order chi connectivity index (χ0) is 36.6. The molecule has 10 nitrogen and oxygen atoms in total. The third-order valence-electron chi connectivity index (χ3n) is 7.64. The number of carbonyl (C=O) groups is 2. The van der Waals surface area contributed by atoms with E-state index < -0.39 is 34.1 Å². The molecule has 2 amide bonds. The fraction of sp³-hybridized carbons (Fsp3) is 0.297. The number of nitrogens with zero attached hydrogens (tertiary/aromatic N) is 2. The summed E-state index contributed by atoms with van der Waals surface area (Å²) in [5.74, 6) is -0.365. The molecule has 0 bridgehead atoms. The first-order valence-corrected chi connectivity index (χ1v) is 18.3. The van der Waals surface area contributed by atoms with Gasteiger partial charge in [0.25, 0.3) is 10.0 Å². The topological polar surface area (TPSA) is 114 Å². The minimum absolute atomic E-state index is 0.00423. The van der Waals surface area contributed by atoms with Crippen molar-refractivity contribution in [3.63, 3.8) is 0 Å². The van der Waals surface area contributed by atoms with Crippen molar-refractivity contribution in [1.29, 1.82) is 0 Å². The SMILES string of the molecule is COc1ccc(S(=O)(=O)N(CC(=O)N(Cc2cccc(Br)c2)[C@H](Cc2ccccc2)C(=O)NC(C)(C)C)c2cc(Cl)ccc2OC)cc1OC. The number of anilines is 1. The summed E-state index contributed by atoms with van der Waals surface area (Å²) < 4.78 is 47.2. The van der Waals surface area contributed by atoms with Gasteiger partial charge in [-0.15, -0.1) is 0 Å². The zero-order valence-corrected chi connectivity index (χ0v) is 31.9. The molecule has 1 N–H and O–H groups in total. The van der Waals surface area contributed by atoms with Crippen molar-refractivity contribution >= 4 is 55.1 Å². The van der Waals surface area contributed by atoms with Crippen molar-refractivity contribution in [2.75, 3.05) is 32.2 Å². The maximum atomic E-state index is 14.8. The highest BCUT2D eigenvalue weighted by atomic mass is 79.9. The van der Waals surface area contributed by atoms with E-state index in [0.29, 0.717) is 5.75 Å². The average Bonchev–Trinajstić information content (AvgIpc) is 3.07. The fourth-order valence-corrected chi connectivity index (χ4v) is 7.36. The average molecular weight is 787 g/mol. The Kier molecular flexibility index (Phi) is 12.8. The molecule has 13 heteroatoms. The van der Waals surface area contributed by atoms with E-state index in [-0.39, 0.29) is 46.0 Å². The molecule has 0 aromatic heterocycles. The molecule has 266 valence electrons. The Morgan fingerprint density at radius 3 is 2.08 bits per heavy atom. The van der Waals surface area contributed by atoms with Crippen LogP contribution in [-0.4, -0.2) is 64.6 Å². The zero-order valence-electron chi connectivity index (χ0n) is 28.8. The van der Waals surface area contributed by atoms with Crippen molar-refractivity contribution in [2.45, 2.75) is 50.2 Å². The largest absolute Gasteiger partial charge is 0.495 e. The van der Waals surface area contributed by atoms with Gasteiger partial charge in [-0.05, 0) is 74.4 Å². The number of nitrogens with one attached hydrogen (secondary N) is 1. The Hall–Kier alpha value is -4.26. The predicted octanol–water partition coefficient (Wildman–Crippen LogP) is 6.88. The van der Waals surface area contributed by atoms with Crippen molar-refractivity contribution in [2.24, 2.45) is 0 Å².